The first-order valence-corrected chi connectivity index (χ1v) is 7.35. The van der Waals surface area contributed by atoms with E-state index in [2.05, 4.69) is 36.2 Å². The summed E-state index contributed by atoms with van der Waals surface area (Å²) in [6.07, 6.45) is 10.7. The smallest absolute Gasteiger partial charge is 0.128 e. The lowest BCUT2D eigenvalue weighted by Gasteiger charge is -2.07. The van der Waals surface area contributed by atoms with E-state index >= 15 is 0 Å². The third-order valence-corrected chi connectivity index (χ3v) is 3.32. The van der Waals surface area contributed by atoms with Crippen LogP contribution in [0.2, 0.25) is 0 Å². The van der Waals surface area contributed by atoms with E-state index in [9.17, 15) is 4.79 Å². The van der Waals surface area contributed by atoms with Crippen molar-refractivity contribution in [1.29, 1.82) is 0 Å². The van der Waals surface area contributed by atoms with Crippen LogP contribution in [0.25, 0.3) is 17.7 Å². The maximum atomic E-state index is 11.1. The van der Waals surface area contributed by atoms with Gasteiger partial charge in [-0.1, -0.05) is 49.4 Å². The zero-order chi connectivity index (χ0) is 15.8. The molecular formula is C20H19NO. The molecule has 1 aromatic heterocycles. The molecule has 0 radical (unpaired) electrons. The number of nitrogens with zero attached hydrogens (tertiary/aromatic N) is 1. The van der Waals surface area contributed by atoms with Crippen molar-refractivity contribution in [3.05, 3.63) is 77.1 Å². The number of hydrogen-bond acceptors (Lipinski definition) is 2. The Balaban J connectivity index is 2.40. The number of rotatable bonds is 5. The fraction of sp³-hybridized carbons (Fsp3) is 0.150. The zero-order valence-electron chi connectivity index (χ0n) is 12.9. The normalized spacial score (nSPS) is 11.5. The molecule has 0 saturated heterocycles. The summed E-state index contributed by atoms with van der Waals surface area (Å²) in [7, 11) is 0. The van der Waals surface area contributed by atoms with Crippen LogP contribution in [-0.2, 0) is 4.79 Å². The van der Waals surface area contributed by atoms with E-state index in [1.807, 2.05) is 36.3 Å². The molecule has 0 unspecified atom stereocenters. The van der Waals surface area contributed by atoms with Crippen LogP contribution >= 0.6 is 0 Å². The van der Waals surface area contributed by atoms with Gasteiger partial charge in [0.05, 0.1) is 0 Å². The fourth-order valence-electron chi connectivity index (χ4n) is 2.12. The van der Waals surface area contributed by atoms with Crippen molar-refractivity contribution in [3.8, 4) is 0 Å². The first-order valence-electron chi connectivity index (χ1n) is 7.35. The molecule has 22 heavy (non-hydrogen) atoms. The summed E-state index contributed by atoms with van der Waals surface area (Å²) in [6, 6.07) is 12.0. The second kappa shape index (κ2) is 7.92. The average Bonchev–Trinajstić information content (AvgIpc) is 2.58. The second-order valence-electron chi connectivity index (χ2n) is 5.00. The van der Waals surface area contributed by atoms with Crippen molar-refractivity contribution in [2.45, 2.75) is 20.3 Å². The van der Waals surface area contributed by atoms with E-state index in [4.69, 9.17) is 0 Å². The number of aromatic nitrogens is 1. The van der Waals surface area contributed by atoms with Gasteiger partial charge in [-0.3, -0.25) is 4.98 Å². The first-order chi connectivity index (χ1) is 10.7. The first kappa shape index (κ1) is 15.7. The second-order valence-corrected chi connectivity index (χ2v) is 5.00. The molecule has 110 valence electrons. The summed E-state index contributed by atoms with van der Waals surface area (Å²) in [4.78, 5) is 15.2. The molecule has 0 saturated carbocycles. The van der Waals surface area contributed by atoms with Gasteiger partial charge in [0.15, 0.2) is 0 Å². The Hall–Kier alpha value is -2.70. The molecule has 0 fully saturated rings. The maximum Gasteiger partial charge on any atom is 0.128 e. The molecule has 2 rings (SSSR count). The molecule has 0 atom stereocenters. The van der Waals surface area contributed by atoms with Crippen LogP contribution in [0.4, 0.5) is 0 Å². The SMILES string of the molecule is CC/C=C/c1ccc(/C(=C\c2cccnc2)C(C)=C=O)cc1. The van der Waals surface area contributed by atoms with Gasteiger partial charge < -0.3 is 0 Å². The lowest BCUT2D eigenvalue weighted by atomic mass is 9.97. The number of hydrogen-bond donors (Lipinski definition) is 0. The van der Waals surface area contributed by atoms with Gasteiger partial charge in [0.2, 0.25) is 0 Å². The third-order valence-electron chi connectivity index (χ3n) is 3.32. The van der Waals surface area contributed by atoms with Gasteiger partial charge in [0.25, 0.3) is 0 Å². The van der Waals surface area contributed by atoms with Crippen molar-refractivity contribution in [1.82, 2.24) is 4.98 Å². The van der Waals surface area contributed by atoms with Crippen molar-refractivity contribution < 1.29 is 4.79 Å². The van der Waals surface area contributed by atoms with E-state index in [0.29, 0.717) is 5.57 Å². The van der Waals surface area contributed by atoms with Gasteiger partial charge in [0.1, 0.15) is 5.94 Å². The van der Waals surface area contributed by atoms with E-state index in [1.54, 1.807) is 19.3 Å². The van der Waals surface area contributed by atoms with Gasteiger partial charge in [0, 0.05) is 18.0 Å². The largest absolute Gasteiger partial charge is 0.264 e. The molecule has 2 aromatic rings. The van der Waals surface area contributed by atoms with Gasteiger partial charge in [-0.25, -0.2) is 4.79 Å². The molecule has 0 amide bonds. The van der Waals surface area contributed by atoms with E-state index < -0.39 is 0 Å². The van der Waals surface area contributed by atoms with Gasteiger partial charge in [-0.05, 0) is 47.8 Å². The lowest BCUT2D eigenvalue weighted by molar-refractivity contribution is 0.568. The molecule has 0 aliphatic carbocycles. The van der Waals surface area contributed by atoms with Crippen molar-refractivity contribution in [3.63, 3.8) is 0 Å². The van der Waals surface area contributed by atoms with E-state index in [1.165, 1.54) is 0 Å². The summed E-state index contributed by atoms with van der Waals surface area (Å²) in [5, 5.41) is 0. The molecule has 0 bridgehead atoms. The van der Waals surface area contributed by atoms with Crippen molar-refractivity contribution >= 4 is 23.7 Å². The highest BCUT2D eigenvalue weighted by atomic mass is 16.1. The Kier molecular flexibility index (Phi) is 5.65. The number of pyridine rings is 1. The van der Waals surface area contributed by atoms with Gasteiger partial charge in [-0.15, -0.1) is 0 Å². The van der Waals surface area contributed by atoms with Crippen LogP contribution < -0.4 is 0 Å². The fourth-order valence-corrected chi connectivity index (χ4v) is 2.12. The molecule has 0 aliphatic heterocycles. The summed E-state index contributed by atoms with van der Waals surface area (Å²) in [5.41, 5.74) is 4.56. The minimum Gasteiger partial charge on any atom is -0.264 e. The van der Waals surface area contributed by atoms with Crippen LogP contribution in [0.5, 0.6) is 0 Å². The van der Waals surface area contributed by atoms with Crippen LogP contribution in [0, 0.1) is 0 Å². The van der Waals surface area contributed by atoms with Gasteiger partial charge in [-0.2, -0.15) is 0 Å². The number of benzene rings is 1. The summed E-state index contributed by atoms with van der Waals surface area (Å²) in [5.74, 6) is 2.00. The summed E-state index contributed by atoms with van der Waals surface area (Å²) < 4.78 is 0. The number of allylic oxidation sites excluding steroid dienone is 3. The van der Waals surface area contributed by atoms with Gasteiger partial charge >= 0.3 is 0 Å². The topological polar surface area (TPSA) is 30.0 Å². The van der Waals surface area contributed by atoms with Crippen LogP contribution in [0.3, 0.4) is 0 Å². The Morgan fingerprint density at radius 2 is 1.95 bits per heavy atom. The monoisotopic (exact) mass is 289 g/mol. The Morgan fingerprint density at radius 3 is 2.55 bits per heavy atom. The zero-order valence-corrected chi connectivity index (χ0v) is 12.9. The minimum absolute atomic E-state index is 0.584. The van der Waals surface area contributed by atoms with Crippen LogP contribution in [-0.4, -0.2) is 10.9 Å². The van der Waals surface area contributed by atoms with Crippen LogP contribution in [0.15, 0.2) is 60.4 Å². The Morgan fingerprint density at radius 1 is 1.18 bits per heavy atom. The van der Waals surface area contributed by atoms with Crippen molar-refractivity contribution in [2.24, 2.45) is 0 Å². The molecule has 0 spiro atoms. The predicted octanol–water partition coefficient (Wildman–Crippen LogP) is 4.82. The lowest BCUT2D eigenvalue weighted by Crippen LogP contribution is -1.89. The van der Waals surface area contributed by atoms with Crippen LogP contribution in [0.1, 0.15) is 37.0 Å². The molecule has 0 aliphatic rings. The number of carbonyl (C=O) groups excluding carboxylic acids is 1. The molecular weight excluding hydrogens is 270 g/mol. The quantitative estimate of drug-likeness (QED) is 0.583. The summed E-state index contributed by atoms with van der Waals surface area (Å²) >= 11 is 0. The van der Waals surface area contributed by atoms with Crippen molar-refractivity contribution in [2.75, 3.05) is 0 Å². The highest BCUT2D eigenvalue weighted by molar-refractivity contribution is 5.95. The van der Waals surface area contributed by atoms with E-state index in [0.717, 1.165) is 28.7 Å². The average molecular weight is 289 g/mol. The molecule has 1 aromatic carbocycles. The summed E-state index contributed by atoms with van der Waals surface area (Å²) in [6.45, 7) is 3.89. The van der Waals surface area contributed by atoms with E-state index in [-0.39, 0.29) is 0 Å². The molecule has 2 heteroatoms. The maximum absolute atomic E-state index is 11.1. The highest BCUT2D eigenvalue weighted by Crippen LogP contribution is 2.24. The molecule has 0 N–H and O–H groups in total. The molecule has 2 nitrogen and oxygen atoms in total. The molecule has 1 heterocycles. The third kappa shape index (κ3) is 4.15. The Bertz CT molecular complexity index is 718. The highest BCUT2D eigenvalue weighted by Gasteiger charge is 2.05. The Labute approximate surface area is 131 Å². The predicted molar refractivity (Wildman–Crippen MR) is 92.8 cm³/mol. The standard InChI is InChI=1S/C20H19NO/c1-3-4-6-17-8-10-19(11-9-17)20(16(2)15-22)13-18-7-5-12-21-14-18/h4-14H,3H2,1-2H3/b6-4+,20-13-. The minimum atomic E-state index is 0.584.